The SMILES string of the molecule is CCCCOc1ccc(OC)cc1NC(=O)COc1ccc(C(C)=O)cc1. The zero-order valence-electron chi connectivity index (χ0n) is 15.9. The largest absolute Gasteiger partial charge is 0.497 e. The monoisotopic (exact) mass is 371 g/mol. The van der Waals surface area contributed by atoms with E-state index in [-0.39, 0.29) is 18.3 Å². The Kier molecular flexibility index (Phi) is 7.67. The number of nitrogens with one attached hydrogen (secondary N) is 1. The fourth-order valence-electron chi connectivity index (χ4n) is 2.31. The van der Waals surface area contributed by atoms with Crippen LogP contribution in [-0.2, 0) is 4.79 Å². The standard InChI is InChI=1S/C21H25NO5/c1-4-5-12-26-20-11-10-18(25-3)13-19(20)22-21(24)14-27-17-8-6-16(7-9-17)15(2)23/h6-11,13H,4-5,12,14H2,1-3H3,(H,22,24). The van der Waals surface area contributed by atoms with Crippen LogP contribution in [0.25, 0.3) is 0 Å². The summed E-state index contributed by atoms with van der Waals surface area (Å²) in [5, 5.41) is 2.79. The second kappa shape index (κ2) is 10.2. The number of carbonyl (C=O) groups is 2. The lowest BCUT2D eigenvalue weighted by Crippen LogP contribution is -2.20. The number of hydrogen-bond acceptors (Lipinski definition) is 5. The predicted octanol–water partition coefficient (Wildman–Crippen LogP) is 4.09. The van der Waals surface area contributed by atoms with Crippen molar-refractivity contribution in [2.75, 3.05) is 25.6 Å². The maximum Gasteiger partial charge on any atom is 0.262 e. The molecule has 0 aliphatic carbocycles. The molecule has 0 bridgehead atoms. The van der Waals surface area contributed by atoms with E-state index in [9.17, 15) is 9.59 Å². The molecule has 1 N–H and O–H groups in total. The summed E-state index contributed by atoms with van der Waals surface area (Å²) in [6.07, 6.45) is 1.95. The molecule has 0 saturated carbocycles. The van der Waals surface area contributed by atoms with Crippen LogP contribution in [0.5, 0.6) is 17.2 Å². The third-order valence-corrected chi connectivity index (χ3v) is 3.85. The van der Waals surface area contributed by atoms with E-state index in [1.165, 1.54) is 6.92 Å². The molecule has 0 aliphatic rings. The van der Waals surface area contributed by atoms with Gasteiger partial charge in [-0.15, -0.1) is 0 Å². The number of hydrogen-bond donors (Lipinski definition) is 1. The van der Waals surface area contributed by atoms with E-state index in [4.69, 9.17) is 14.2 Å². The van der Waals surface area contributed by atoms with Crippen molar-refractivity contribution in [1.82, 2.24) is 0 Å². The van der Waals surface area contributed by atoms with Crippen LogP contribution in [0.15, 0.2) is 42.5 Å². The van der Waals surface area contributed by atoms with Crippen LogP contribution in [0.2, 0.25) is 0 Å². The van der Waals surface area contributed by atoms with Gasteiger partial charge in [0.2, 0.25) is 0 Å². The Labute approximate surface area is 159 Å². The maximum absolute atomic E-state index is 12.3. The molecule has 2 aromatic carbocycles. The summed E-state index contributed by atoms with van der Waals surface area (Å²) in [5.74, 6) is 1.38. The third-order valence-electron chi connectivity index (χ3n) is 3.85. The zero-order chi connectivity index (χ0) is 19.6. The van der Waals surface area contributed by atoms with Gasteiger partial charge in [-0.25, -0.2) is 0 Å². The Morgan fingerprint density at radius 3 is 2.33 bits per heavy atom. The molecule has 0 saturated heterocycles. The fraction of sp³-hybridized carbons (Fsp3) is 0.333. The zero-order valence-corrected chi connectivity index (χ0v) is 15.9. The Bertz CT molecular complexity index is 771. The molecule has 0 fully saturated rings. The van der Waals surface area contributed by atoms with Crippen molar-refractivity contribution in [3.05, 3.63) is 48.0 Å². The van der Waals surface area contributed by atoms with Gasteiger partial charge in [-0.05, 0) is 49.7 Å². The number of unbranched alkanes of at least 4 members (excludes halogenated alkanes) is 1. The molecule has 0 heterocycles. The van der Waals surface area contributed by atoms with Gasteiger partial charge in [-0.2, -0.15) is 0 Å². The Balaban J connectivity index is 1.97. The molecule has 2 rings (SSSR count). The molecule has 144 valence electrons. The quantitative estimate of drug-likeness (QED) is 0.503. The second-order valence-electron chi connectivity index (χ2n) is 5.98. The van der Waals surface area contributed by atoms with E-state index in [0.29, 0.717) is 35.1 Å². The molecule has 6 heteroatoms. The summed E-state index contributed by atoms with van der Waals surface area (Å²) in [7, 11) is 1.56. The molecule has 0 radical (unpaired) electrons. The summed E-state index contributed by atoms with van der Waals surface area (Å²) in [5.41, 5.74) is 1.13. The van der Waals surface area contributed by atoms with Crippen LogP contribution in [0.4, 0.5) is 5.69 Å². The highest BCUT2D eigenvalue weighted by molar-refractivity contribution is 5.94. The van der Waals surface area contributed by atoms with E-state index in [1.807, 2.05) is 0 Å². The van der Waals surface area contributed by atoms with Crippen LogP contribution in [0.3, 0.4) is 0 Å². The second-order valence-corrected chi connectivity index (χ2v) is 5.98. The number of benzene rings is 2. The summed E-state index contributed by atoms with van der Waals surface area (Å²) in [6.45, 7) is 3.99. The number of ketones is 1. The molecule has 0 aromatic heterocycles. The van der Waals surface area contributed by atoms with Gasteiger partial charge in [0.15, 0.2) is 12.4 Å². The van der Waals surface area contributed by atoms with Crippen molar-refractivity contribution in [2.24, 2.45) is 0 Å². The van der Waals surface area contributed by atoms with Crippen molar-refractivity contribution in [2.45, 2.75) is 26.7 Å². The van der Waals surface area contributed by atoms with Crippen molar-refractivity contribution in [1.29, 1.82) is 0 Å². The first kappa shape index (κ1) is 20.3. The first-order valence-electron chi connectivity index (χ1n) is 8.88. The number of anilines is 1. The van der Waals surface area contributed by atoms with Crippen LogP contribution in [-0.4, -0.2) is 32.0 Å². The molecular weight excluding hydrogens is 346 g/mol. The van der Waals surface area contributed by atoms with E-state index in [0.717, 1.165) is 12.8 Å². The van der Waals surface area contributed by atoms with E-state index >= 15 is 0 Å². The van der Waals surface area contributed by atoms with Gasteiger partial charge >= 0.3 is 0 Å². The van der Waals surface area contributed by atoms with Crippen LogP contribution < -0.4 is 19.5 Å². The van der Waals surface area contributed by atoms with Gasteiger partial charge in [-0.3, -0.25) is 9.59 Å². The lowest BCUT2D eigenvalue weighted by Gasteiger charge is -2.14. The first-order valence-corrected chi connectivity index (χ1v) is 8.88. The topological polar surface area (TPSA) is 73.9 Å². The van der Waals surface area contributed by atoms with Gasteiger partial charge in [-0.1, -0.05) is 13.3 Å². The summed E-state index contributed by atoms with van der Waals surface area (Å²) in [6, 6.07) is 11.9. The lowest BCUT2D eigenvalue weighted by atomic mass is 10.1. The molecule has 1 amide bonds. The Hall–Kier alpha value is -3.02. The minimum absolute atomic E-state index is 0.0204. The number of ether oxygens (including phenoxy) is 3. The smallest absolute Gasteiger partial charge is 0.262 e. The number of rotatable bonds is 10. The summed E-state index contributed by atoms with van der Waals surface area (Å²) < 4.78 is 16.4. The van der Waals surface area contributed by atoms with Crippen LogP contribution >= 0.6 is 0 Å². The van der Waals surface area contributed by atoms with E-state index < -0.39 is 0 Å². The van der Waals surface area contributed by atoms with E-state index in [1.54, 1.807) is 49.6 Å². The highest BCUT2D eigenvalue weighted by Gasteiger charge is 2.11. The third kappa shape index (κ3) is 6.33. The van der Waals surface area contributed by atoms with Crippen molar-refractivity contribution in [3.8, 4) is 17.2 Å². The van der Waals surface area contributed by atoms with Crippen LogP contribution in [0, 0.1) is 0 Å². The average molecular weight is 371 g/mol. The van der Waals surface area contributed by atoms with Gasteiger partial charge in [0, 0.05) is 11.6 Å². The molecular formula is C21H25NO5. The van der Waals surface area contributed by atoms with Gasteiger partial charge < -0.3 is 19.5 Å². The van der Waals surface area contributed by atoms with Crippen LogP contribution in [0.1, 0.15) is 37.0 Å². The molecule has 0 unspecified atom stereocenters. The number of amides is 1. The molecule has 0 aliphatic heterocycles. The lowest BCUT2D eigenvalue weighted by molar-refractivity contribution is -0.118. The van der Waals surface area contributed by atoms with Crippen molar-refractivity contribution >= 4 is 17.4 Å². The summed E-state index contributed by atoms with van der Waals surface area (Å²) in [4.78, 5) is 23.5. The number of carbonyl (C=O) groups excluding carboxylic acids is 2. The molecule has 27 heavy (non-hydrogen) atoms. The number of methoxy groups -OCH3 is 1. The van der Waals surface area contributed by atoms with E-state index in [2.05, 4.69) is 12.2 Å². The van der Waals surface area contributed by atoms with Crippen molar-refractivity contribution in [3.63, 3.8) is 0 Å². The maximum atomic E-state index is 12.3. The molecule has 0 spiro atoms. The minimum Gasteiger partial charge on any atom is -0.497 e. The highest BCUT2D eigenvalue weighted by atomic mass is 16.5. The van der Waals surface area contributed by atoms with Gasteiger partial charge in [0.05, 0.1) is 19.4 Å². The molecule has 2 aromatic rings. The van der Waals surface area contributed by atoms with Crippen molar-refractivity contribution < 1.29 is 23.8 Å². The van der Waals surface area contributed by atoms with Gasteiger partial charge in [0.25, 0.3) is 5.91 Å². The first-order chi connectivity index (χ1) is 13.0. The van der Waals surface area contributed by atoms with Gasteiger partial charge in [0.1, 0.15) is 17.2 Å². The number of Topliss-reactive ketones (excluding diaryl/α,β-unsaturated/α-hetero) is 1. The Morgan fingerprint density at radius 2 is 1.70 bits per heavy atom. The predicted molar refractivity (Wildman–Crippen MR) is 104 cm³/mol. The summed E-state index contributed by atoms with van der Waals surface area (Å²) >= 11 is 0. The minimum atomic E-state index is -0.320. The fourth-order valence-corrected chi connectivity index (χ4v) is 2.31. The molecule has 6 nitrogen and oxygen atoms in total. The average Bonchev–Trinajstić information content (AvgIpc) is 2.68. The normalized spacial score (nSPS) is 10.2. The molecule has 0 atom stereocenters. The highest BCUT2D eigenvalue weighted by Crippen LogP contribution is 2.29. The Morgan fingerprint density at radius 1 is 1.00 bits per heavy atom.